The number of sulfone groups is 1. The van der Waals surface area contributed by atoms with Gasteiger partial charge >= 0.3 is 5.51 Å². The number of fused-ring (bicyclic) bond motifs is 6. The number of amides is 5. The number of aliphatic hydroxyl groups is 2. The van der Waals surface area contributed by atoms with Crippen molar-refractivity contribution >= 4 is 101 Å². The molecule has 3 saturated heterocycles. The second-order valence-electron chi connectivity index (χ2n) is 30.8. The average molecular weight is 1600 g/mol. The molecule has 0 radical (unpaired) electrons. The Hall–Kier alpha value is -7.81. The molecule has 5 aliphatic heterocycles. The van der Waals surface area contributed by atoms with Crippen molar-refractivity contribution in [3.05, 3.63) is 148 Å². The summed E-state index contributed by atoms with van der Waals surface area (Å²) in [5.74, 6) is -2.49. The maximum absolute atomic E-state index is 14.7. The van der Waals surface area contributed by atoms with Gasteiger partial charge in [-0.05, 0) is 139 Å². The lowest BCUT2D eigenvalue weighted by Crippen LogP contribution is -2.58. The van der Waals surface area contributed by atoms with E-state index >= 15 is 0 Å². The summed E-state index contributed by atoms with van der Waals surface area (Å²) in [5.41, 5.74) is 1.47. The predicted octanol–water partition coefficient (Wildman–Crippen LogP) is 10.7. The fourth-order valence-electron chi connectivity index (χ4n) is 15.2. The van der Waals surface area contributed by atoms with Crippen molar-refractivity contribution in [1.82, 2.24) is 39.9 Å². The number of alkyl halides is 3. The van der Waals surface area contributed by atoms with Gasteiger partial charge in [-0.15, -0.1) is 23.1 Å². The highest BCUT2D eigenvalue weighted by molar-refractivity contribution is 7.99. The predicted molar refractivity (Wildman–Crippen MR) is 413 cm³/mol. The fraction of sp³-hybridized carbons (Fsp3) is 0.487. The first-order chi connectivity index (χ1) is 51.8. The van der Waals surface area contributed by atoms with Crippen molar-refractivity contribution < 1.29 is 73.7 Å². The van der Waals surface area contributed by atoms with E-state index in [1.807, 2.05) is 53.3 Å². The Kier molecular flexibility index (Phi) is 25.2. The van der Waals surface area contributed by atoms with Crippen LogP contribution >= 0.6 is 34.7 Å². The summed E-state index contributed by atoms with van der Waals surface area (Å²) in [6, 6.07) is 27.6. The Bertz CT molecular complexity index is 4600. The van der Waals surface area contributed by atoms with Gasteiger partial charge in [-0.2, -0.15) is 13.2 Å². The normalized spacial score (nSPS) is 19.8. The van der Waals surface area contributed by atoms with Crippen LogP contribution in [0, 0.1) is 10.8 Å². The van der Waals surface area contributed by atoms with E-state index in [0.29, 0.717) is 99.8 Å². The second-order valence-corrected chi connectivity index (χ2v) is 36.7. The molecule has 6 atom stereocenters. The molecule has 6 heterocycles. The number of nitrogens with zero attached hydrogens (tertiary/aromatic N) is 6. The summed E-state index contributed by atoms with van der Waals surface area (Å²) < 4.78 is 113. The lowest BCUT2D eigenvalue weighted by atomic mass is 9.72. The van der Waals surface area contributed by atoms with E-state index in [1.54, 1.807) is 49.4 Å². The highest BCUT2D eigenvalue weighted by Gasteiger charge is 2.49. The maximum atomic E-state index is 14.7. The van der Waals surface area contributed by atoms with Gasteiger partial charge in [-0.3, -0.25) is 33.8 Å². The molecule has 5 aromatic carbocycles. The van der Waals surface area contributed by atoms with Crippen LogP contribution in [0.1, 0.15) is 132 Å². The minimum Gasteiger partial charge on any atom is -0.489 e. The number of aromatic nitrogens is 1. The van der Waals surface area contributed by atoms with E-state index in [2.05, 4.69) is 61.6 Å². The third kappa shape index (κ3) is 19.4. The summed E-state index contributed by atoms with van der Waals surface area (Å²) in [4.78, 5) is 82.9. The Morgan fingerprint density at radius 2 is 1.58 bits per heavy atom. The van der Waals surface area contributed by atoms with Crippen LogP contribution in [0.15, 0.2) is 135 Å². The first kappa shape index (κ1) is 80.7. The number of allylic oxidation sites excluding steroid dienone is 1. The minimum absolute atomic E-state index is 0.0172. The molecule has 3 fully saturated rings. The summed E-state index contributed by atoms with van der Waals surface area (Å²) in [6.45, 7) is 14.9. The number of thioether (sulfide) groups is 1. The Morgan fingerprint density at radius 1 is 0.835 bits per heavy atom. The molecule has 1 aliphatic carbocycles. The number of carbonyl (C=O) groups excluding carboxylic acids is 5. The van der Waals surface area contributed by atoms with Crippen LogP contribution in [0.2, 0.25) is 5.02 Å². The Morgan fingerprint density at radius 3 is 2.31 bits per heavy atom. The van der Waals surface area contributed by atoms with Crippen molar-refractivity contribution in [2.24, 2.45) is 10.8 Å². The zero-order chi connectivity index (χ0) is 77.7. The van der Waals surface area contributed by atoms with E-state index in [-0.39, 0.29) is 73.4 Å². The Labute approximate surface area is 647 Å². The van der Waals surface area contributed by atoms with Crippen LogP contribution in [0.5, 0.6) is 11.5 Å². The molecule has 586 valence electrons. The number of thiazole rings is 1. The maximum Gasteiger partial charge on any atom is 0.501 e. The molecule has 23 nitrogen and oxygen atoms in total. The molecule has 0 unspecified atom stereocenters. The number of β-amino-alcohol motifs (C(OH)–C–C–N with tert-alkyl or cyclic N) is 1. The van der Waals surface area contributed by atoms with Gasteiger partial charge in [0, 0.05) is 118 Å². The number of unbranched alkanes of at least 4 members (excludes halogenated alkanes) is 2. The number of aliphatic hydroxyl groups excluding tert-OH is 2. The van der Waals surface area contributed by atoms with E-state index in [9.17, 15) is 64.2 Å². The van der Waals surface area contributed by atoms with Crippen molar-refractivity contribution in [2.75, 3.05) is 94.6 Å². The molecule has 5 amide bonds. The number of benzene rings is 5. The van der Waals surface area contributed by atoms with Gasteiger partial charge in [0.05, 0.1) is 57.0 Å². The van der Waals surface area contributed by atoms with Crippen LogP contribution in [0.3, 0.4) is 0 Å². The van der Waals surface area contributed by atoms with Gasteiger partial charge in [-0.1, -0.05) is 94.6 Å². The van der Waals surface area contributed by atoms with Crippen molar-refractivity contribution in [1.29, 1.82) is 0 Å². The van der Waals surface area contributed by atoms with Crippen LogP contribution in [0.25, 0.3) is 16.0 Å². The number of sulfonamides is 1. The lowest BCUT2D eigenvalue weighted by Gasteiger charge is -2.46. The SMILES string of the molecule is CC1(C)CCC(c2ccc(Cl)cc2)=C(CN2CCN3c4ccc(C(=O)NS(=O)(=O)c5ccc(N[C@H](CCN6CCN(C(=O)CCCCCC(=O)N[C@H](C(=O)N7C[C@H](O)C[C@H]7NC(=O)[C@H](CO)c7ccc8c(c7)OCc7ncsc7-8)C(C)(C)C)CC6)CSc6ccccc6)c(S(=O)(=O)C(F)(F)F)c5)cc4OC[C@@H]3C2)C1. The van der Waals surface area contributed by atoms with Gasteiger partial charge in [0.1, 0.15) is 41.8 Å². The molecule has 0 bridgehead atoms. The quantitative estimate of drug-likeness (QED) is 0.0206. The van der Waals surface area contributed by atoms with Gasteiger partial charge in [-0.25, -0.2) is 26.5 Å². The van der Waals surface area contributed by atoms with E-state index in [1.165, 1.54) is 56.8 Å². The second kappa shape index (κ2) is 34.0. The smallest absolute Gasteiger partial charge is 0.489 e. The number of hydrogen-bond donors (Lipinski definition) is 6. The zero-order valence-corrected chi connectivity index (χ0v) is 65.6. The molecule has 6 N–H and O–H groups in total. The molecule has 0 saturated carbocycles. The number of hydrogen-bond acceptors (Lipinski definition) is 20. The van der Waals surface area contributed by atoms with E-state index < -0.39 is 101 Å². The van der Waals surface area contributed by atoms with Crippen LogP contribution in [0.4, 0.5) is 24.5 Å². The molecule has 12 rings (SSSR count). The van der Waals surface area contributed by atoms with Crippen molar-refractivity contribution in [2.45, 2.75) is 162 Å². The molecule has 0 spiro atoms. The van der Waals surface area contributed by atoms with Gasteiger partial charge in [0.2, 0.25) is 23.6 Å². The topological polar surface area (TPSA) is 290 Å². The summed E-state index contributed by atoms with van der Waals surface area (Å²) >= 11 is 9.11. The summed E-state index contributed by atoms with van der Waals surface area (Å²) in [5, 5.41) is 30.7. The molecule has 31 heteroatoms. The standard InChI is InChI=1S/C78H94ClF3N10O13S4/c1-76(2,3)72(75(99)92-43-56(94)38-68(92)85-74(98)61(44-93)50-18-23-60-65(36-50)105-46-63-71(60)107-48-83-63)86-69(95)14-10-7-11-15-70(96)90-33-30-88(31-34-90)29-27-54(47-106-57-12-8-6-9-13-57)84-62-24-22-58(39-67(62)108(100,101)78(80,81)82)109(102,103)87-73(97)51-19-25-64-66(37-51)104-45-55-42-89(32-35-91(55)64)41-52-40-77(4,5)28-26-59(52)49-16-20-53(79)21-17-49/h6,8-9,12-13,16-25,36-37,39,48,54-56,61,68,72,84,93-94H,7,10-11,14-15,26-35,38,40-47H2,1-5H3,(H,85,98)(H,86,95)(H,87,97)/t54-,55+,56-,61-,68+,72-/m1/s1. The molecule has 1 aromatic heterocycles. The van der Waals surface area contributed by atoms with Crippen LogP contribution in [-0.2, 0) is 45.6 Å². The number of likely N-dealkylation sites (tertiary alicyclic amines) is 1. The zero-order valence-electron chi connectivity index (χ0n) is 61.6. The van der Waals surface area contributed by atoms with Crippen molar-refractivity contribution in [3.63, 3.8) is 0 Å². The van der Waals surface area contributed by atoms with Gasteiger partial charge in [0.25, 0.3) is 25.8 Å². The van der Waals surface area contributed by atoms with E-state index in [4.69, 9.17) is 21.1 Å². The average Bonchev–Trinajstić information content (AvgIpc) is 1.53. The number of halogens is 4. The number of carbonyl (C=O) groups is 5. The Balaban J connectivity index is 0.615. The van der Waals surface area contributed by atoms with Gasteiger partial charge in [0.15, 0.2) is 0 Å². The third-order valence-corrected chi connectivity index (χ3v) is 26.4. The molecule has 6 aromatic rings. The van der Waals surface area contributed by atoms with Crippen LogP contribution < -0.4 is 35.0 Å². The number of rotatable bonds is 27. The van der Waals surface area contributed by atoms with Gasteiger partial charge < -0.3 is 50.3 Å². The van der Waals surface area contributed by atoms with Crippen molar-refractivity contribution in [3.8, 4) is 21.9 Å². The number of piperazine rings is 2. The molecule has 109 heavy (non-hydrogen) atoms. The number of nitrogens with one attached hydrogen (secondary N) is 4. The van der Waals surface area contributed by atoms with E-state index in [0.717, 1.165) is 71.2 Å². The fourth-order valence-corrected chi connectivity index (χ4v) is 19.1. The third-order valence-electron chi connectivity index (χ3n) is 21.2. The summed E-state index contributed by atoms with van der Waals surface area (Å²) in [7, 11) is -11.2. The molecule has 6 aliphatic rings. The first-order valence-electron chi connectivity index (χ1n) is 36.9. The van der Waals surface area contributed by atoms with Crippen LogP contribution in [-0.4, -0.2) is 201 Å². The first-order valence-corrected chi connectivity index (χ1v) is 42.1. The number of anilines is 2. The summed E-state index contributed by atoms with van der Waals surface area (Å²) in [6.07, 6.45) is 3.17. The lowest BCUT2D eigenvalue weighted by molar-refractivity contribution is -0.142. The molecular weight excluding hydrogens is 1510 g/mol. The number of ether oxygens (including phenoxy) is 2. The minimum atomic E-state index is -6.21. The highest BCUT2D eigenvalue weighted by Crippen LogP contribution is 2.46. The highest BCUT2D eigenvalue weighted by atomic mass is 35.5. The largest absolute Gasteiger partial charge is 0.501 e. The monoisotopic (exact) mass is 1600 g/mol. The molecular formula is C78H94ClF3N10O13S4.